The molecule has 1 saturated carbocycles. The highest BCUT2D eigenvalue weighted by Crippen LogP contribution is 2.35. The van der Waals surface area contributed by atoms with Crippen molar-refractivity contribution >= 4 is 0 Å². The summed E-state index contributed by atoms with van der Waals surface area (Å²) in [6.07, 6.45) is 3.67. The van der Waals surface area contributed by atoms with E-state index in [2.05, 4.69) is 39.9 Å². The van der Waals surface area contributed by atoms with Crippen LogP contribution in [0.3, 0.4) is 0 Å². The Morgan fingerprint density at radius 2 is 1.89 bits per heavy atom. The van der Waals surface area contributed by atoms with Crippen LogP contribution < -0.4 is 5.32 Å². The molecule has 1 rings (SSSR count). The summed E-state index contributed by atoms with van der Waals surface area (Å²) in [5.41, 5.74) is 0. The normalized spacial score (nSPS) is 30.0. The topological polar surface area (TPSA) is 41.5 Å². The summed E-state index contributed by atoms with van der Waals surface area (Å²) in [7, 11) is 0. The molecule has 1 aliphatic rings. The van der Waals surface area contributed by atoms with Gasteiger partial charge in [0.1, 0.15) is 0 Å². The molecule has 3 heteroatoms. The lowest BCUT2D eigenvalue weighted by molar-refractivity contribution is -0.0684. The van der Waals surface area contributed by atoms with Gasteiger partial charge in [-0.3, -0.25) is 0 Å². The summed E-state index contributed by atoms with van der Waals surface area (Å²) in [5.74, 6) is 2.08. The first kappa shape index (κ1) is 16.9. The molecule has 0 saturated heterocycles. The van der Waals surface area contributed by atoms with Crippen molar-refractivity contribution in [1.29, 1.82) is 0 Å². The summed E-state index contributed by atoms with van der Waals surface area (Å²) < 4.78 is 6.03. The van der Waals surface area contributed by atoms with Gasteiger partial charge in [-0.2, -0.15) is 0 Å². The number of aliphatic hydroxyl groups is 1. The molecule has 3 nitrogen and oxygen atoms in total. The van der Waals surface area contributed by atoms with Gasteiger partial charge in [0.2, 0.25) is 0 Å². The first-order chi connectivity index (χ1) is 8.90. The maximum atomic E-state index is 9.93. The molecule has 0 heterocycles. The molecular formula is C16H33NO2. The van der Waals surface area contributed by atoms with E-state index in [9.17, 15) is 5.11 Å². The largest absolute Gasteiger partial charge is 0.389 e. The molecule has 0 spiro atoms. The highest BCUT2D eigenvalue weighted by molar-refractivity contribution is 4.81. The predicted octanol–water partition coefficient (Wildman–Crippen LogP) is 2.82. The van der Waals surface area contributed by atoms with Crippen molar-refractivity contribution in [3.05, 3.63) is 0 Å². The van der Waals surface area contributed by atoms with Crippen molar-refractivity contribution in [2.24, 2.45) is 17.8 Å². The molecule has 4 atom stereocenters. The number of rotatable bonds is 7. The van der Waals surface area contributed by atoms with Gasteiger partial charge < -0.3 is 15.2 Å². The molecule has 19 heavy (non-hydrogen) atoms. The van der Waals surface area contributed by atoms with E-state index in [1.165, 1.54) is 12.8 Å². The van der Waals surface area contributed by atoms with Crippen LogP contribution >= 0.6 is 0 Å². The first-order valence-electron chi connectivity index (χ1n) is 7.93. The fourth-order valence-electron chi connectivity index (χ4n) is 2.97. The summed E-state index contributed by atoms with van der Waals surface area (Å²) in [6.45, 7) is 12.1. The second-order valence-electron chi connectivity index (χ2n) is 6.91. The van der Waals surface area contributed by atoms with Gasteiger partial charge in [0.15, 0.2) is 0 Å². The number of hydrogen-bond acceptors (Lipinski definition) is 3. The lowest BCUT2D eigenvalue weighted by atomic mass is 9.75. The summed E-state index contributed by atoms with van der Waals surface area (Å²) >= 11 is 0. The van der Waals surface area contributed by atoms with E-state index in [-0.39, 0.29) is 0 Å². The molecule has 114 valence electrons. The predicted molar refractivity (Wildman–Crippen MR) is 80.2 cm³/mol. The summed E-state index contributed by atoms with van der Waals surface area (Å²) in [4.78, 5) is 0. The standard InChI is InChI=1S/C16H33NO2/c1-11(2)15-7-6-13(5)8-16(15)19-10-14(18)9-17-12(3)4/h11-18H,6-10H2,1-5H3/t13-,14+,15-,16-/m1/s1. The average molecular weight is 271 g/mol. The molecule has 0 amide bonds. The number of aliphatic hydroxyl groups excluding tert-OH is 1. The molecule has 0 radical (unpaired) electrons. The Hall–Kier alpha value is -0.120. The fraction of sp³-hybridized carbons (Fsp3) is 1.00. The maximum Gasteiger partial charge on any atom is 0.0897 e. The van der Waals surface area contributed by atoms with Gasteiger partial charge in [-0.1, -0.05) is 41.0 Å². The van der Waals surface area contributed by atoms with Crippen LogP contribution in [0.25, 0.3) is 0 Å². The molecule has 0 aromatic heterocycles. The van der Waals surface area contributed by atoms with Gasteiger partial charge in [-0.05, 0) is 30.6 Å². The Morgan fingerprint density at radius 3 is 2.47 bits per heavy atom. The van der Waals surface area contributed by atoms with Crippen LogP contribution in [0, 0.1) is 17.8 Å². The summed E-state index contributed by atoms with van der Waals surface area (Å²) in [6, 6.07) is 0.410. The van der Waals surface area contributed by atoms with Crippen molar-refractivity contribution in [2.45, 2.75) is 72.1 Å². The van der Waals surface area contributed by atoms with Crippen molar-refractivity contribution in [2.75, 3.05) is 13.2 Å². The molecule has 0 aromatic rings. The minimum absolute atomic E-state index is 0.331. The van der Waals surface area contributed by atoms with Crippen LogP contribution in [0.1, 0.15) is 53.9 Å². The van der Waals surface area contributed by atoms with Gasteiger partial charge in [-0.25, -0.2) is 0 Å². The zero-order chi connectivity index (χ0) is 14.4. The molecule has 0 aromatic carbocycles. The van der Waals surface area contributed by atoms with E-state index in [1.807, 2.05) is 0 Å². The van der Waals surface area contributed by atoms with E-state index >= 15 is 0 Å². The van der Waals surface area contributed by atoms with Gasteiger partial charge in [0.25, 0.3) is 0 Å². The fourth-order valence-corrected chi connectivity index (χ4v) is 2.97. The van der Waals surface area contributed by atoms with Crippen LogP contribution in [0.2, 0.25) is 0 Å². The van der Waals surface area contributed by atoms with Crippen LogP contribution in [-0.4, -0.2) is 36.5 Å². The highest BCUT2D eigenvalue weighted by atomic mass is 16.5. The van der Waals surface area contributed by atoms with Crippen LogP contribution in [0.15, 0.2) is 0 Å². The van der Waals surface area contributed by atoms with E-state index < -0.39 is 6.10 Å². The van der Waals surface area contributed by atoms with E-state index in [1.54, 1.807) is 0 Å². The Bertz CT molecular complexity index is 243. The van der Waals surface area contributed by atoms with Gasteiger partial charge in [-0.15, -0.1) is 0 Å². The quantitative estimate of drug-likeness (QED) is 0.748. The highest BCUT2D eigenvalue weighted by Gasteiger charge is 2.31. The summed E-state index contributed by atoms with van der Waals surface area (Å²) in [5, 5.41) is 13.2. The maximum absolute atomic E-state index is 9.93. The monoisotopic (exact) mass is 271 g/mol. The van der Waals surface area contributed by atoms with E-state index in [0.29, 0.717) is 37.1 Å². The first-order valence-corrected chi connectivity index (χ1v) is 7.93. The zero-order valence-electron chi connectivity index (χ0n) is 13.4. The Morgan fingerprint density at radius 1 is 1.21 bits per heavy atom. The minimum Gasteiger partial charge on any atom is -0.389 e. The average Bonchev–Trinajstić information content (AvgIpc) is 2.33. The molecule has 0 unspecified atom stereocenters. The number of nitrogens with one attached hydrogen (secondary N) is 1. The van der Waals surface area contributed by atoms with Crippen molar-refractivity contribution in [3.63, 3.8) is 0 Å². The van der Waals surface area contributed by atoms with E-state index in [0.717, 1.165) is 12.3 Å². The molecule has 0 bridgehead atoms. The van der Waals surface area contributed by atoms with Crippen molar-refractivity contribution in [1.82, 2.24) is 5.32 Å². The molecule has 0 aliphatic heterocycles. The lowest BCUT2D eigenvalue weighted by Crippen LogP contribution is -2.39. The zero-order valence-corrected chi connectivity index (χ0v) is 13.4. The Labute approximate surface area is 119 Å². The third-order valence-corrected chi connectivity index (χ3v) is 4.23. The third-order valence-electron chi connectivity index (χ3n) is 4.23. The Kier molecular flexibility index (Phi) is 7.33. The molecular weight excluding hydrogens is 238 g/mol. The second kappa shape index (κ2) is 8.23. The molecule has 1 aliphatic carbocycles. The third kappa shape index (κ3) is 6.24. The van der Waals surface area contributed by atoms with Crippen LogP contribution in [-0.2, 0) is 4.74 Å². The minimum atomic E-state index is -0.396. The lowest BCUT2D eigenvalue weighted by Gasteiger charge is -2.37. The van der Waals surface area contributed by atoms with Gasteiger partial charge >= 0.3 is 0 Å². The molecule has 1 fully saturated rings. The van der Waals surface area contributed by atoms with Crippen molar-refractivity contribution in [3.8, 4) is 0 Å². The SMILES string of the molecule is CC(C)NC[C@H](O)CO[C@@H]1C[C@H](C)CC[C@@H]1C(C)C. The Balaban J connectivity index is 2.35. The smallest absolute Gasteiger partial charge is 0.0897 e. The van der Waals surface area contributed by atoms with Crippen molar-refractivity contribution < 1.29 is 9.84 Å². The van der Waals surface area contributed by atoms with Gasteiger partial charge in [0.05, 0.1) is 18.8 Å². The second-order valence-corrected chi connectivity index (χ2v) is 6.91. The molecule has 2 N–H and O–H groups in total. The number of hydrogen-bond donors (Lipinski definition) is 2. The van der Waals surface area contributed by atoms with Crippen LogP contribution in [0.5, 0.6) is 0 Å². The van der Waals surface area contributed by atoms with Crippen LogP contribution in [0.4, 0.5) is 0 Å². The number of ether oxygens (including phenoxy) is 1. The van der Waals surface area contributed by atoms with Gasteiger partial charge in [0, 0.05) is 12.6 Å². The van der Waals surface area contributed by atoms with E-state index in [4.69, 9.17) is 4.74 Å².